The number of ether oxygens (including phenoxy) is 1. The number of nitrogens with two attached hydrogens (primary N) is 1. The van der Waals surface area contributed by atoms with Crippen LogP contribution in [0.25, 0.3) is 0 Å². The van der Waals surface area contributed by atoms with Gasteiger partial charge in [-0.2, -0.15) is 4.98 Å². The third-order valence-corrected chi connectivity index (χ3v) is 4.97. The second-order valence-corrected chi connectivity index (χ2v) is 7.20. The number of likely N-dealkylation sites (tertiary alicyclic amines) is 1. The van der Waals surface area contributed by atoms with Crippen molar-refractivity contribution in [2.24, 2.45) is 10.7 Å². The van der Waals surface area contributed by atoms with Crippen LogP contribution < -0.4 is 10.6 Å². The Balaban J connectivity index is 1.65. The summed E-state index contributed by atoms with van der Waals surface area (Å²) in [6.07, 6.45) is 3.75. The zero-order chi connectivity index (χ0) is 19.4. The van der Waals surface area contributed by atoms with Gasteiger partial charge in [-0.15, -0.1) is 0 Å². The second kappa shape index (κ2) is 8.41. The van der Waals surface area contributed by atoms with E-state index in [-0.39, 0.29) is 18.1 Å². The highest BCUT2D eigenvalue weighted by Gasteiger charge is 2.29. The molecular weight excluding hydrogens is 348 g/mol. The predicted molar refractivity (Wildman–Crippen MR) is 102 cm³/mol. The van der Waals surface area contributed by atoms with Crippen LogP contribution in [0.3, 0.4) is 0 Å². The number of hydrogen-bond donors (Lipinski definition) is 1. The predicted octanol–water partition coefficient (Wildman–Crippen LogP) is 1.92. The Morgan fingerprint density at radius 2 is 2.11 bits per heavy atom. The number of amides is 1. The van der Waals surface area contributed by atoms with Gasteiger partial charge in [-0.05, 0) is 50.0 Å². The zero-order valence-electron chi connectivity index (χ0n) is 16.2. The van der Waals surface area contributed by atoms with Gasteiger partial charge in [0.25, 0.3) is 5.95 Å². The molecule has 2 N–H and O–H groups in total. The van der Waals surface area contributed by atoms with Crippen LogP contribution in [0, 0.1) is 0 Å². The summed E-state index contributed by atoms with van der Waals surface area (Å²) in [4.78, 5) is 24.7. The van der Waals surface area contributed by atoms with Gasteiger partial charge in [-0.25, -0.2) is 4.79 Å². The molecule has 3 rings (SSSR count). The molecule has 1 aromatic rings. The van der Waals surface area contributed by atoms with Crippen LogP contribution in [0.5, 0.6) is 0 Å². The van der Waals surface area contributed by atoms with E-state index < -0.39 is 0 Å². The van der Waals surface area contributed by atoms with Gasteiger partial charge in [0.15, 0.2) is 0 Å². The third kappa shape index (κ3) is 4.40. The van der Waals surface area contributed by atoms with Crippen LogP contribution in [0.4, 0.5) is 10.7 Å². The number of hydrogen-bond acceptors (Lipinski definition) is 8. The van der Waals surface area contributed by atoms with Gasteiger partial charge >= 0.3 is 6.09 Å². The van der Waals surface area contributed by atoms with Crippen molar-refractivity contribution in [1.82, 2.24) is 15.0 Å². The SMILES string of the molecule is COC(=O)N1CCC(c2nc(N3CC/C(=C/N)C(=NC(C)C)C3)no2)CC1. The maximum atomic E-state index is 11.6. The van der Waals surface area contributed by atoms with Crippen LogP contribution in [0.2, 0.25) is 0 Å². The number of carbonyl (C=O) groups excluding carboxylic acids is 1. The van der Waals surface area contributed by atoms with Gasteiger partial charge in [-0.1, -0.05) is 0 Å². The fourth-order valence-corrected chi connectivity index (χ4v) is 3.51. The highest BCUT2D eigenvalue weighted by atomic mass is 16.5. The molecule has 3 heterocycles. The van der Waals surface area contributed by atoms with E-state index in [1.165, 1.54) is 7.11 Å². The summed E-state index contributed by atoms with van der Waals surface area (Å²) in [5.74, 6) is 1.39. The lowest BCUT2D eigenvalue weighted by molar-refractivity contribution is 0.109. The van der Waals surface area contributed by atoms with Gasteiger partial charge in [-0.3, -0.25) is 4.99 Å². The Bertz CT molecular complexity index is 718. The van der Waals surface area contributed by atoms with Crippen molar-refractivity contribution in [3.63, 3.8) is 0 Å². The highest BCUT2D eigenvalue weighted by Crippen LogP contribution is 2.29. The number of carbonyl (C=O) groups is 1. The molecule has 9 nitrogen and oxygen atoms in total. The van der Waals surface area contributed by atoms with Crippen molar-refractivity contribution in [3.05, 3.63) is 17.7 Å². The van der Waals surface area contributed by atoms with Gasteiger partial charge in [0.1, 0.15) is 0 Å². The molecule has 0 unspecified atom stereocenters. The van der Waals surface area contributed by atoms with Gasteiger partial charge in [0.2, 0.25) is 5.89 Å². The normalized spacial score (nSPS) is 22.1. The summed E-state index contributed by atoms with van der Waals surface area (Å²) in [5.41, 5.74) is 7.81. The largest absolute Gasteiger partial charge is 0.453 e. The summed E-state index contributed by atoms with van der Waals surface area (Å²) >= 11 is 0. The molecule has 27 heavy (non-hydrogen) atoms. The first-order valence-electron chi connectivity index (χ1n) is 9.41. The molecule has 0 aliphatic carbocycles. The lowest BCUT2D eigenvalue weighted by Crippen LogP contribution is -2.39. The van der Waals surface area contributed by atoms with Gasteiger partial charge < -0.3 is 24.8 Å². The Hall–Kier alpha value is -2.58. The maximum Gasteiger partial charge on any atom is 0.409 e. The molecule has 0 radical (unpaired) electrons. The Morgan fingerprint density at radius 1 is 1.37 bits per heavy atom. The van der Waals surface area contributed by atoms with E-state index in [0.717, 1.165) is 37.1 Å². The summed E-state index contributed by atoms with van der Waals surface area (Å²) in [6.45, 7) is 6.77. The lowest BCUT2D eigenvalue weighted by atomic mass is 9.97. The summed E-state index contributed by atoms with van der Waals surface area (Å²) in [5, 5.41) is 4.18. The molecule has 0 saturated carbocycles. The first-order chi connectivity index (χ1) is 13.0. The van der Waals surface area contributed by atoms with Crippen molar-refractivity contribution >= 4 is 17.8 Å². The fraction of sp³-hybridized carbons (Fsp3) is 0.667. The quantitative estimate of drug-likeness (QED) is 0.858. The molecule has 0 atom stereocenters. The summed E-state index contributed by atoms with van der Waals surface area (Å²) in [7, 11) is 1.40. The molecule has 0 bridgehead atoms. The zero-order valence-corrected chi connectivity index (χ0v) is 16.2. The molecule has 2 fully saturated rings. The average Bonchev–Trinajstić information content (AvgIpc) is 3.17. The van der Waals surface area contributed by atoms with Gasteiger partial charge in [0, 0.05) is 31.6 Å². The summed E-state index contributed by atoms with van der Waals surface area (Å²) in [6, 6.07) is 0.204. The van der Waals surface area contributed by atoms with Crippen molar-refractivity contribution < 1.29 is 14.1 Å². The Morgan fingerprint density at radius 3 is 2.74 bits per heavy atom. The Kier molecular flexibility index (Phi) is 5.98. The average molecular weight is 376 g/mol. The first kappa shape index (κ1) is 19.2. The minimum Gasteiger partial charge on any atom is -0.453 e. The van der Waals surface area contributed by atoms with Crippen molar-refractivity contribution in [2.75, 3.05) is 38.2 Å². The van der Waals surface area contributed by atoms with Gasteiger partial charge in [0.05, 0.1) is 19.4 Å². The lowest BCUT2D eigenvalue weighted by Gasteiger charge is -2.29. The molecule has 148 valence electrons. The van der Waals surface area contributed by atoms with Crippen LogP contribution >= 0.6 is 0 Å². The first-order valence-corrected chi connectivity index (χ1v) is 9.41. The Labute approximate surface area is 159 Å². The van der Waals surface area contributed by atoms with E-state index in [1.807, 2.05) is 13.8 Å². The van der Waals surface area contributed by atoms with E-state index >= 15 is 0 Å². The van der Waals surface area contributed by atoms with Crippen LogP contribution in [-0.2, 0) is 4.74 Å². The van der Waals surface area contributed by atoms with E-state index in [2.05, 4.69) is 20.0 Å². The highest BCUT2D eigenvalue weighted by molar-refractivity contribution is 6.04. The number of nitrogens with zero attached hydrogens (tertiary/aromatic N) is 5. The van der Waals surface area contributed by atoms with Crippen LogP contribution in [0.15, 0.2) is 21.3 Å². The van der Waals surface area contributed by atoms with Crippen LogP contribution in [0.1, 0.15) is 44.9 Å². The smallest absolute Gasteiger partial charge is 0.409 e. The monoisotopic (exact) mass is 376 g/mol. The minimum absolute atomic E-state index is 0.167. The molecule has 0 spiro atoms. The molecule has 2 aliphatic heterocycles. The van der Waals surface area contributed by atoms with Crippen molar-refractivity contribution in [1.29, 1.82) is 0 Å². The number of aliphatic imine (C=N–C) groups is 1. The molecule has 2 aliphatic rings. The number of methoxy groups -OCH3 is 1. The number of piperidine rings is 2. The van der Waals surface area contributed by atoms with E-state index in [4.69, 9.17) is 15.0 Å². The number of rotatable bonds is 3. The fourth-order valence-electron chi connectivity index (χ4n) is 3.51. The van der Waals surface area contributed by atoms with E-state index in [1.54, 1.807) is 11.1 Å². The standard InChI is InChI=1S/C18H28N6O3/c1-12(2)20-15-11-24(9-6-14(15)10-19)17-21-16(27-22-17)13-4-7-23(8-5-13)18(25)26-3/h10,12-13H,4-9,11,19H2,1-3H3/b14-10-,20-15?. The summed E-state index contributed by atoms with van der Waals surface area (Å²) < 4.78 is 10.3. The van der Waals surface area contributed by atoms with Crippen molar-refractivity contribution in [3.8, 4) is 0 Å². The number of anilines is 1. The van der Waals surface area contributed by atoms with Crippen molar-refractivity contribution in [2.45, 2.75) is 45.1 Å². The van der Waals surface area contributed by atoms with E-state index in [0.29, 0.717) is 31.5 Å². The maximum absolute atomic E-state index is 11.6. The molecule has 9 heteroatoms. The molecule has 2 saturated heterocycles. The molecule has 1 aromatic heterocycles. The molecule has 1 amide bonds. The second-order valence-electron chi connectivity index (χ2n) is 7.20. The van der Waals surface area contributed by atoms with Crippen LogP contribution in [-0.4, -0.2) is 66.2 Å². The minimum atomic E-state index is -0.284. The number of aromatic nitrogens is 2. The molecular formula is C18H28N6O3. The third-order valence-electron chi connectivity index (χ3n) is 4.97. The topological polar surface area (TPSA) is 110 Å². The molecule has 0 aromatic carbocycles. The van der Waals surface area contributed by atoms with E-state index in [9.17, 15) is 4.79 Å².